The van der Waals surface area contributed by atoms with Gasteiger partial charge in [-0.15, -0.1) is 0 Å². The highest BCUT2D eigenvalue weighted by molar-refractivity contribution is 7.47. The molecule has 3 N–H and O–H groups in total. The summed E-state index contributed by atoms with van der Waals surface area (Å²) in [6.45, 7) is 9.45. The van der Waals surface area contributed by atoms with Crippen molar-refractivity contribution in [2.75, 3.05) is 39.6 Å². The number of aliphatic hydroxyl groups excluding tert-OH is 1. The number of phosphoric ester groups is 2. The molecule has 0 saturated carbocycles. The largest absolute Gasteiger partial charge is 0.472 e. The first-order valence-electron chi connectivity index (χ1n) is 35.8. The Kier molecular flexibility index (Phi) is 60.0. The Morgan fingerprint density at radius 3 is 1.01 bits per heavy atom. The quantitative estimate of drug-likeness (QED) is 0.0169. The van der Waals surface area contributed by atoms with E-state index in [0.29, 0.717) is 25.7 Å². The zero-order valence-corrected chi connectivity index (χ0v) is 59.0. The van der Waals surface area contributed by atoms with E-state index in [-0.39, 0.29) is 25.7 Å². The number of carbonyl (C=O) groups excluding carboxylic acids is 4. The molecule has 0 aromatic carbocycles. The van der Waals surface area contributed by atoms with Gasteiger partial charge in [-0.3, -0.25) is 37.3 Å². The molecule has 89 heavy (non-hydrogen) atoms. The molecular weight excluding hydrogens is 1170 g/mol. The second-order valence-corrected chi connectivity index (χ2v) is 28.2. The van der Waals surface area contributed by atoms with Crippen LogP contribution in [0, 0.1) is 11.8 Å². The minimum atomic E-state index is -4.96. The van der Waals surface area contributed by atoms with E-state index in [2.05, 4.69) is 65.8 Å². The van der Waals surface area contributed by atoms with Gasteiger partial charge in [0.25, 0.3) is 0 Å². The molecule has 0 aromatic rings. The number of carbonyl (C=O) groups is 4. The van der Waals surface area contributed by atoms with Crippen LogP contribution in [0.25, 0.3) is 0 Å². The smallest absolute Gasteiger partial charge is 0.462 e. The van der Waals surface area contributed by atoms with E-state index >= 15 is 0 Å². The zero-order chi connectivity index (χ0) is 65.7. The van der Waals surface area contributed by atoms with E-state index < -0.39 is 97.5 Å². The highest BCUT2D eigenvalue weighted by Crippen LogP contribution is 2.45. The number of rotatable bonds is 67. The van der Waals surface area contributed by atoms with Crippen molar-refractivity contribution >= 4 is 39.5 Å². The van der Waals surface area contributed by atoms with Crippen LogP contribution in [0.5, 0.6) is 0 Å². The van der Waals surface area contributed by atoms with Crippen molar-refractivity contribution in [1.29, 1.82) is 0 Å². The fourth-order valence-corrected chi connectivity index (χ4v) is 11.6. The molecule has 524 valence electrons. The van der Waals surface area contributed by atoms with E-state index in [1.807, 2.05) is 0 Å². The van der Waals surface area contributed by atoms with Gasteiger partial charge < -0.3 is 33.8 Å². The third-order valence-electron chi connectivity index (χ3n) is 15.9. The molecule has 0 spiro atoms. The molecule has 0 aliphatic carbocycles. The molecule has 0 fully saturated rings. The van der Waals surface area contributed by atoms with Crippen LogP contribution >= 0.6 is 15.6 Å². The van der Waals surface area contributed by atoms with Gasteiger partial charge in [0, 0.05) is 25.7 Å². The minimum absolute atomic E-state index is 0.0847. The van der Waals surface area contributed by atoms with Crippen LogP contribution in [0.3, 0.4) is 0 Å². The van der Waals surface area contributed by atoms with Crippen LogP contribution in [0.2, 0.25) is 0 Å². The summed E-state index contributed by atoms with van der Waals surface area (Å²) in [7, 11) is -9.91. The van der Waals surface area contributed by atoms with Crippen LogP contribution < -0.4 is 0 Å². The van der Waals surface area contributed by atoms with Crippen LogP contribution in [-0.4, -0.2) is 96.7 Å². The number of ether oxygens (including phenoxy) is 4. The maximum atomic E-state index is 13.0. The highest BCUT2D eigenvalue weighted by atomic mass is 31.2. The third kappa shape index (κ3) is 62.7. The second-order valence-electron chi connectivity index (χ2n) is 25.3. The molecule has 19 heteroatoms. The summed E-state index contributed by atoms with van der Waals surface area (Å²) in [4.78, 5) is 72.4. The maximum absolute atomic E-state index is 13.0. The van der Waals surface area contributed by atoms with Gasteiger partial charge in [-0.2, -0.15) is 0 Å². The molecule has 17 nitrogen and oxygen atoms in total. The molecule has 0 aliphatic rings. The number of phosphoric acid groups is 2. The Labute approximate surface area is 542 Å². The molecule has 6 atom stereocenters. The van der Waals surface area contributed by atoms with Crippen molar-refractivity contribution in [3.05, 3.63) is 24.3 Å². The average Bonchev–Trinajstić information content (AvgIpc) is 3.59. The topological polar surface area (TPSA) is 237 Å². The first kappa shape index (κ1) is 86.5. The lowest BCUT2D eigenvalue weighted by atomic mass is 9.99. The molecule has 0 heterocycles. The summed E-state index contributed by atoms with van der Waals surface area (Å²) in [6, 6.07) is 0. The van der Waals surface area contributed by atoms with E-state index in [0.717, 1.165) is 121 Å². The summed E-state index contributed by atoms with van der Waals surface area (Å²) in [5.41, 5.74) is 0. The zero-order valence-electron chi connectivity index (χ0n) is 57.2. The standard InChI is InChI=1S/C70H132O17P2/c1-7-10-12-14-16-18-19-20-21-22-23-30-36-42-48-54-69(74)86-66(59-81-68(73)53-47-41-35-29-25-24-28-33-39-45-51-63(6)9-3)61-85-89(78,79)83-57-64(71)56-82-88(76,77)84-60-65(58-80-67(72)52-46-40-34-17-15-13-11-8-2)87-70(75)55-49-43-37-31-26-27-32-38-44-50-62(4)5/h18-21,62-66,71H,7-17,22-61H2,1-6H3,(H,76,77)(H,78,79)/b19-18-,21-20-/t63?,64-,65+,66+/m0/s1. The van der Waals surface area contributed by atoms with Gasteiger partial charge in [-0.1, -0.05) is 278 Å². The van der Waals surface area contributed by atoms with E-state index in [1.165, 1.54) is 128 Å². The lowest BCUT2D eigenvalue weighted by Gasteiger charge is -2.21. The van der Waals surface area contributed by atoms with Gasteiger partial charge in [0.1, 0.15) is 19.3 Å². The Bertz CT molecular complexity index is 1830. The Morgan fingerprint density at radius 1 is 0.371 bits per heavy atom. The number of esters is 4. The first-order valence-corrected chi connectivity index (χ1v) is 38.8. The monoisotopic (exact) mass is 1310 g/mol. The van der Waals surface area contributed by atoms with Crippen molar-refractivity contribution < 1.29 is 80.2 Å². The predicted octanol–water partition coefficient (Wildman–Crippen LogP) is 19.5. The summed E-state index contributed by atoms with van der Waals surface area (Å²) in [5.74, 6) is -0.616. The predicted molar refractivity (Wildman–Crippen MR) is 358 cm³/mol. The second kappa shape index (κ2) is 61.7. The molecule has 3 unspecified atom stereocenters. The van der Waals surface area contributed by atoms with Crippen molar-refractivity contribution in [2.45, 2.75) is 349 Å². The maximum Gasteiger partial charge on any atom is 0.472 e. The lowest BCUT2D eigenvalue weighted by Crippen LogP contribution is -2.30. The van der Waals surface area contributed by atoms with Gasteiger partial charge in [0.2, 0.25) is 0 Å². The summed E-state index contributed by atoms with van der Waals surface area (Å²) in [5, 5.41) is 10.6. The third-order valence-corrected chi connectivity index (χ3v) is 17.8. The molecule has 0 saturated heterocycles. The van der Waals surface area contributed by atoms with Crippen LogP contribution in [0.1, 0.15) is 330 Å². The number of unbranched alkanes of at least 4 members (excludes halogenated alkanes) is 33. The molecule has 0 radical (unpaired) electrons. The average molecular weight is 1310 g/mol. The Morgan fingerprint density at radius 2 is 0.663 bits per heavy atom. The number of hydrogen-bond donors (Lipinski definition) is 3. The van der Waals surface area contributed by atoms with Gasteiger partial charge in [-0.25, -0.2) is 9.13 Å². The van der Waals surface area contributed by atoms with Crippen LogP contribution in [0.4, 0.5) is 0 Å². The van der Waals surface area contributed by atoms with Crippen molar-refractivity contribution in [3.8, 4) is 0 Å². The van der Waals surface area contributed by atoms with E-state index in [4.69, 9.17) is 37.0 Å². The fraction of sp³-hybridized carbons (Fsp3) is 0.886. The van der Waals surface area contributed by atoms with E-state index in [9.17, 15) is 43.2 Å². The molecule has 0 bridgehead atoms. The molecule has 0 amide bonds. The van der Waals surface area contributed by atoms with Gasteiger partial charge in [-0.05, 0) is 63.2 Å². The van der Waals surface area contributed by atoms with Crippen molar-refractivity contribution in [3.63, 3.8) is 0 Å². The van der Waals surface area contributed by atoms with Gasteiger partial charge in [0.15, 0.2) is 12.2 Å². The van der Waals surface area contributed by atoms with E-state index in [1.54, 1.807) is 0 Å². The summed E-state index contributed by atoms with van der Waals surface area (Å²) >= 11 is 0. The number of hydrogen-bond acceptors (Lipinski definition) is 15. The number of aliphatic hydroxyl groups is 1. The normalized spacial score (nSPS) is 14.6. The number of allylic oxidation sites excluding steroid dienone is 4. The van der Waals surface area contributed by atoms with Crippen LogP contribution in [0.15, 0.2) is 24.3 Å². The summed E-state index contributed by atoms with van der Waals surface area (Å²) in [6.07, 6.45) is 49.3. The molecule has 0 rings (SSSR count). The molecular formula is C70H132O17P2. The lowest BCUT2D eigenvalue weighted by molar-refractivity contribution is -0.161. The molecule has 0 aromatic heterocycles. The Balaban J connectivity index is 5.28. The van der Waals surface area contributed by atoms with Gasteiger partial charge >= 0.3 is 39.5 Å². The van der Waals surface area contributed by atoms with Crippen molar-refractivity contribution in [2.24, 2.45) is 11.8 Å². The first-order chi connectivity index (χ1) is 42.9. The SMILES string of the molecule is CCCCCC/C=C\C=C/CCCCCCCC(=O)O[C@H](COC(=O)CCCCCCCCCCCCC(C)CC)COP(=O)(O)OC[C@@H](O)COP(=O)(O)OC[C@@H](COC(=O)CCCCCCCCCC)OC(=O)CCCCCCCCCCCC(C)C. The van der Waals surface area contributed by atoms with Gasteiger partial charge in [0.05, 0.1) is 26.4 Å². The minimum Gasteiger partial charge on any atom is -0.462 e. The highest BCUT2D eigenvalue weighted by Gasteiger charge is 2.30. The summed E-state index contributed by atoms with van der Waals surface area (Å²) < 4.78 is 68.2. The fourth-order valence-electron chi connectivity index (χ4n) is 10.0. The Hall–Kier alpha value is -2.46. The van der Waals surface area contributed by atoms with Crippen LogP contribution in [-0.2, 0) is 65.4 Å². The van der Waals surface area contributed by atoms with Crippen molar-refractivity contribution in [1.82, 2.24) is 0 Å². The molecule has 0 aliphatic heterocycles.